The Morgan fingerprint density at radius 1 is 1.21 bits per heavy atom. The number of rotatable bonds is 6. The molecule has 1 aromatic rings. The molecule has 3 aliphatic rings. The minimum Gasteiger partial charge on any atom is -0.380 e. The second-order valence-electron chi connectivity index (χ2n) is 7.28. The lowest BCUT2D eigenvalue weighted by Crippen LogP contribution is -2.40. The molecule has 2 fully saturated rings. The molecule has 24 heavy (non-hydrogen) atoms. The number of ether oxygens (including phenoxy) is 2. The second kappa shape index (κ2) is 7.91. The molecule has 132 valence electrons. The molecule has 4 heterocycles. The van der Waals surface area contributed by atoms with Gasteiger partial charge in [0.25, 0.3) is 0 Å². The Labute approximate surface area is 144 Å². The van der Waals surface area contributed by atoms with E-state index in [2.05, 4.69) is 14.8 Å². The van der Waals surface area contributed by atoms with Crippen molar-refractivity contribution in [3.05, 3.63) is 29.1 Å². The Morgan fingerprint density at radius 2 is 2.12 bits per heavy atom. The fourth-order valence-corrected chi connectivity index (χ4v) is 4.22. The van der Waals surface area contributed by atoms with Crippen LogP contribution in [0.1, 0.15) is 36.0 Å². The lowest BCUT2D eigenvalue weighted by Gasteiger charge is -2.33. The number of likely N-dealkylation sites (tertiary alicyclic amines) is 1. The number of hydrogen-bond donors (Lipinski definition) is 0. The predicted octanol–water partition coefficient (Wildman–Crippen LogP) is 1.84. The molecule has 0 aliphatic carbocycles. The predicted molar refractivity (Wildman–Crippen MR) is 92.9 cm³/mol. The molecule has 0 saturated carbocycles. The van der Waals surface area contributed by atoms with Gasteiger partial charge < -0.3 is 14.4 Å². The van der Waals surface area contributed by atoms with E-state index in [1.807, 2.05) is 12.4 Å². The molecule has 1 unspecified atom stereocenters. The summed E-state index contributed by atoms with van der Waals surface area (Å²) in [6, 6.07) is 0.596. The van der Waals surface area contributed by atoms with Gasteiger partial charge in [0.2, 0.25) is 0 Å². The summed E-state index contributed by atoms with van der Waals surface area (Å²) in [5, 5.41) is 0. The molecule has 5 heteroatoms. The van der Waals surface area contributed by atoms with E-state index in [-0.39, 0.29) is 0 Å². The van der Waals surface area contributed by atoms with Gasteiger partial charge in [-0.25, -0.2) is 0 Å². The van der Waals surface area contributed by atoms with Crippen LogP contribution in [0.3, 0.4) is 0 Å². The van der Waals surface area contributed by atoms with Crippen LogP contribution in [0.4, 0.5) is 0 Å². The van der Waals surface area contributed by atoms with Gasteiger partial charge in [-0.2, -0.15) is 0 Å². The van der Waals surface area contributed by atoms with Gasteiger partial charge in [0, 0.05) is 44.7 Å². The second-order valence-corrected chi connectivity index (χ2v) is 7.28. The Kier molecular flexibility index (Phi) is 5.43. The maximum absolute atomic E-state index is 5.96. The highest BCUT2D eigenvalue weighted by molar-refractivity contribution is 5.33. The molecule has 0 aromatic carbocycles. The van der Waals surface area contributed by atoms with Crippen LogP contribution in [0.15, 0.2) is 12.4 Å². The fraction of sp³-hybridized carbons (Fsp3) is 0.737. The monoisotopic (exact) mass is 331 g/mol. The third kappa shape index (κ3) is 3.80. The van der Waals surface area contributed by atoms with E-state index in [0.717, 1.165) is 45.9 Å². The van der Waals surface area contributed by atoms with Crippen LogP contribution in [-0.4, -0.2) is 66.8 Å². The first kappa shape index (κ1) is 16.5. The summed E-state index contributed by atoms with van der Waals surface area (Å²) < 4.78 is 11.5. The van der Waals surface area contributed by atoms with Gasteiger partial charge in [0.05, 0.1) is 19.8 Å². The first-order valence-corrected chi connectivity index (χ1v) is 9.46. The smallest absolute Gasteiger partial charge is 0.0735 e. The highest BCUT2D eigenvalue weighted by atomic mass is 16.5. The minimum atomic E-state index is 0.596. The number of nitrogens with zero attached hydrogens (tertiary/aromatic N) is 3. The van der Waals surface area contributed by atoms with Crippen molar-refractivity contribution < 1.29 is 9.47 Å². The maximum atomic E-state index is 5.96. The van der Waals surface area contributed by atoms with E-state index in [1.165, 1.54) is 49.0 Å². The third-order valence-corrected chi connectivity index (χ3v) is 5.69. The molecule has 5 nitrogen and oxygen atoms in total. The standard InChI is InChI=1S/C19H29N3O2/c1-2-6-21(5-1)8-10-24-14-17-12-20-11-16-13-22(7-3-19(16)17)18-4-9-23-15-18/h11-12,18H,1-10,13-15H2. The van der Waals surface area contributed by atoms with Crippen LogP contribution in [0.25, 0.3) is 0 Å². The van der Waals surface area contributed by atoms with Crippen molar-refractivity contribution in [1.29, 1.82) is 0 Å². The van der Waals surface area contributed by atoms with E-state index in [4.69, 9.17) is 9.47 Å². The lowest BCUT2D eigenvalue weighted by atomic mass is 9.96. The van der Waals surface area contributed by atoms with Crippen molar-refractivity contribution in [1.82, 2.24) is 14.8 Å². The molecule has 3 aliphatic heterocycles. The first-order chi connectivity index (χ1) is 11.9. The summed E-state index contributed by atoms with van der Waals surface area (Å²) >= 11 is 0. The van der Waals surface area contributed by atoms with E-state index in [0.29, 0.717) is 12.6 Å². The molecular weight excluding hydrogens is 302 g/mol. The van der Waals surface area contributed by atoms with Crippen molar-refractivity contribution in [2.75, 3.05) is 46.0 Å². The van der Waals surface area contributed by atoms with Crippen molar-refractivity contribution in [2.45, 2.75) is 44.9 Å². The number of pyridine rings is 1. The Balaban J connectivity index is 1.31. The van der Waals surface area contributed by atoms with Crippen molar-refractivity contribution in [3.63, 3.8) is 0 Å². The zero-order valence-corrected chi connectivity index (χ0v) is 14.6. The summed E-state index contributed by atoms with van der Waals surface area (Å²) in [6.45, 7) is 9.03. The SMILES string of the molecule is c1ncc2c(c1COCCN1CCCC1)CCN(C1CCOC1)C2. The maximum Gasteiger partial charge on any atom is 0.0735 e. The van der Waals surface area contributed by atoms with Gasteiger partial charge in [0.1, 0.15) is 0 Å². The van der Waals surface area contributed by atoms with Gasteiger partial charge in [-0.15, -0.1) is 0 Å². The van der Waals surface area contributed by atoms with E-state index in [9.17, 15) is 0 Å². The normalized spacial score (nSPS) is 25.2. The number of fused-ring (bicyclic) bond motifs is 1. The molecule has 1 aromatic heterocycles. The molecule has 0 N–H and O–H groups in total. The molecule has 0 bridgehead atoms. The van der Waals surface area contributed by atoms with Crippen LogP contribution in [-0.2, 0) is 29.0 Å². The van der Waals surface area contributed by atoms with E-state index >= 15 is 0 Å². The molecular formula is C19H29N3O2. The van der Waals surface area contributed by atoms with Gasteiger partial charge in [-0.3, -0.25) is 9.88 Å². The first-order valence-electron chi connectivity index (χ1n) is 9.46. The van der Waals surface area contributed by atoms with Crippen LogP contribution in [0.5, 0.6) is 0 Å². The van der Waals surface area contributed by atoms with Gasteiger partial charge >= 0.3 is 0 Å². The van der Waals surface area contributed by atoms with Crippen LogP contribution in [0.2, 0.25) is 0 Å². The topological polar surface area (TPSA) is 37.8 Å². The summed E-state index contributed by atoms with van der Waals surface area (Å²) in [4.78, 5) is 9.53. The zero-order valence-electron chi connectivity index (χ0n) is 14.6. The van der Waals surface area contributed by atoms with Crippen molar-refractivity contribution >= 4 is 0 Å². The zero-order chi connectivity index (χ0) is 16.2. The lowest BCUT2D eigenvalue weighted by molar-refractivity contribution is 0.0974. The Morgan fingerprint density at radius 3 is 2.96 bits per heavy atom. The molecule has 0 radical (unpaired) electrons. The molecule has 0 spiro atoms. The average Bonchev–Trinajstić information content (AvgIpc) is 3.32. The molecule has 2 saturated heterocycles. The summed E-state index contributed by atoms with van der Waals surface area (Å²) in [7, 11) is 0. The number of hydrogen-bond acceptors (Lipinski definition) is 5. The van der Waals surface area contributed by atoms with Gasteiger partial charge in [-0.05, 0) is 55.5 Å². The molecule has 1 atom stereocenters. The van der Waals surface area contributed by atoms with Crippen LogP contribution < -0.4 is 0 Å². The minimum absolute atomic E-state index is 0.596. The number of aromatic nitrogens is 1. The van der Waals surface area contributed by atoms with Crippen LogP contribution >= 0.6 is 0 Å². The molecule has 0 amide bonds. The fourth-order valence-electron chi connectivity index (χ4n) is 4.22. The summed E-state index contributed by atoms with van der Waals surface area (Å²) in [6.07, 6.45) is 9.02. The summed E-state index contributed by atoms with van der Waals surface area (Å²) in [5.41, 5.74) is 4.14. The van der Waals surface area contributed by atoms with Crippen molar-refractivity contribution in [2.24, 2.45) is 0 Å². The van der Waals surface area contributed by atoms with Gasteiger partial charge in [0.15, 0.2) is 0 Å². The molecule has 4 rings (SSSR count). The van der Waals surface area contributed by atoms with Crippen molar-refractivity contribution in [3.8, 4) is 0 Å². The summed E-state index contributed by atoms with van der Waals surface area (Å²) in [5.74, 6) is 0. The van der Waals surface area contributed by atoms with Crippen LogP contribution in [0, 0.1) is 0 Å². The van der Waals surface area contributed by atoms with E-state index in [1.54, 1.807) is 0 Å². The highest BCUT2D eigenvalue weighted by Crippen LogP contribution is 2.25. The quantitative estimate of drug-likeness (QED) is 0.744. The third-order valence-electron chi connectivity index (χ3n) is 5.69. The highest BCUT2D eigenvalue weighted by Gasteiger charge is 2.27. The average molecular weight is 331 g/mol. The largest absolute Gasteiger partial charge is 0.380 e. The Hall–Kier alpha value is -1.01. The van der Waals surface area contributed by atoms with Gasteiger partial charge in [-0.1, -0.05) is 0 Å². The Bertz CT molecular complexity index is 539. The van der Waals surface area contributed by atoms with E-state index < -0.39 is 0 Å².